The highest BCUT2D eigenvalue weighted by Gasteiger charge is 2.12. The Morgan fingerprint density at radius 3 is 2.59 bits per heavy atom. The van der Waals surface area contributed by atoms with Crippen molar-refractivity contribution >= 4 is 22.7 Å². The third kappa shape index (κ3) is 2.83. The van der Waals surface area contributed by atoms with Crippen molar-refractivity contribution in [1.29, 1.82) is 0 Å². The molecule has 1 N–H and O–H groups in total. The molecule has 1 heterocycles. The molecule has 0 fully saturated rings. The van der Waals surface area contributed by atoms with Crippen molar-refractivity contribution in [3.8, 4) is 0 Å². The Morgan fingerprint density at radius 1 is 1.18 bits per heavy atom. The lowest BCUT2D eigenvalue weighted by Crippen LogP contribution is -2.11. The van der Waals surface area contributed by atoms with Gasteiger partial charge in [-0.2, -0.15) is 0 Å². The van der Waals surface area contributed by atoms with Gasteiger partial charge >= 0.3 is 0 Å². The smallest absolute Gasteiger partial charge is 0.255 e. The van der Waals surface area contributed by atoms with Crippen LogP contribution in [0.4, 0.5) is 10.1 Å². The number of nitrogens with one attached hydrogen (secondary N) is 1. The number of halogens is 1. The van der Waals surface area contributed by atoms with E-state index in [9.17, 15) is 9.18 Å². The number of carbonyl (C=O) groups excluding carboxylic acids is 1. The largest absolute Gasteiger partial charge is 0.440 e. The van der Waals surface area contributed by atoms with Gasteiger partial charge in [-0.3, -0.25) is 4.79 Å². The van der Waals surface area contributed by atoms with E-state index in [2.05, 4.69) is 10.3 Å². The van der Waals surface area contributed by atoms with Crippen LogP contribution in [0.3, 0.4) is 0 Å². The van der Waals surface area contributed by atoms with Gasteiger partial charge in [0.15, 0.2) is 11.5 Å². The fraction of sp³-hybridized carbons (Fsp3) is 0.176. The molecule has 112 valence electrons. The van der Waals surface area contributed by atoms with Gasteiger partial charge in [-0.1, -0.05) is 13.8 Å². The highest BCUT2D eigenvalue weighted by atomic mass is 19.1. The van der Waals surface area contributed by atoms with Crippen LogP contribution in [0.25, 0.3) is 11.1 Å². The lowest BCUT2D eigenvalue weighted by molar-refractivity contribution is 0.102. The summed E-state index contributed by atoms with van der Waals surface area (Å²) in [5.74, 6) is 0.202. The molecule has 0 saturated carbocycles. The summed E-state index contributed by atoms with van der Waals surface area (Å²) in [6.07, 6.45) is 0. The molecule has 0 bridgehead atoms. The third-order valence-electron chi connectivity index (χ3n) is 3.26. The molecule has 2 aromatic carbocycles. The number of oxazole rings is 1. The Morgan fingerprint density at radius 2 is 1.91 bits per heavy atom. The van der Waals surface area contributed by atoms with E-state index < -0.39 is 0 Å². The van der Waals surface area contributed by atoms with Gasteiger partial charge in [-0.05, 0) is 42.5 Å². The molecule has 0 radical (unpaired) electrons. The molecule has 1 amide bonds. The highest BCUT2D eigenvalue weighted by Crippen LogP contribution is 2.22. The van der Waals surface area contributed by atoms with Gasteiger partial charge in [-0.15, -0.1) is 0 Å². The van der Waals surface area contributed by atoms with Crippen LogP contribution in [0, 0.1) is 5.82 Å². The molecule has 0 aliphatic carbocycles. The lowest BCUT2D eigenvalue weighted by Gasteiger charge is -2.04. The molecule has 0 spiro atoms. The van der Waals surface area contributed by atoms with Crippen molar-refractivity contribution in [2.75, 3.05) is 5.32 Å². The summed E-state index contributed by atoms with van der Waals surface area (Å²) in [6.45, 7) is 3.99. The molecule has 3 rings (SSSR count). The van der Waals surface area contributed by atoms with E-state index >= 15 is 0 Å². The SMILES string of the molecule is CC(C)c1nc2ccc(C(=O)Nc3ccc(F)cc3)cc2o1. The van der Waals surface area contributed by atoms with E-state index in [1.54, 1.807) is 18.2 Å². The molecule has 4 nitrogen and oxygen atoms in total. The van der Waals surface area contributed by atoms with Crippen LogP contribution in [-0.2, 0) is 0 Å². The minimum absolute atomic E-state index is 0.184. The minimum Gasteiger partial charge on any atom is -0.440 e. The normalized spacial score (nSPS) is 11.1. The number of nitrogens with zero attached hydrogens (tertiary/aromatic N) is 1. The number of fused-ring (bicyclic) bond motifs is 1. The standard InChI is InChI=1S/C17H15FN2O2/c1-10(2)17-20-14-8-3-11(9-15(14)22-17)16(21)19-13-6-4-12(18)5-7-13/h3-10H,1-2H3,(H,19,21). The van der Waals surface area contributed by atoms with E-state index in [-0.39, 0.29) is 17.6 Å². The van der Waals surface area contributed by atoms with Crippen molar-refractivity contribution in [3.05, 3.63) is 59.7 Å². The Kier molecular flexibility index (Phi) is 3.63. The molecular formula is C17H15FN2O2. The summed E-state index contributed by atoms with van der Waals surface area (Å²) in [5.41, 5.74) is 2.30. The maximum atomic E-state index is 12.9. The average molecular weight is 298 g/mol. The van der Waals surface area contributed by atoms with E-state index in [0.717, 1.165) is 5.52 Å². The van der Waals surface area contributed by atoms with Gasteiger partial charge in [0, 0.05) is 17.2 Å². The van der Waals surface area contributed by atoms with Crippen LogP contribution in [0.1, 0.15) is 36.0 Å². The predicted octanol–water partition coefficient (Wildman–Crippen LogP) is 4.34. The van der Waals surface area contributed by atoms with Gasteiger partial charge in [0.05, 0.1) is 0 Å². The van der Waals surface area contributed by atoms with Gasteiger partial charge in [0.2, 0.25) is 0 Å². The van der Waals surface area contributed by atoms with E-state index in [1.807, 2.05) is 13.8 Å². The summed E-state index contributed by atoms with van der Waals surface area (Å²) in [4.78, 5) is 16.6. The molecule has 1 aromatic heterocycles. The molecule has 0 atom stereocenters. The molecular weight excluding hydrogens is 283 g/mol. The van der Waals surface area contributed by atoms with Crippen LogP contribution < -0.4 is 5.32 Å². The minimum atomic E-state index is -0.345. The number of aromatic nitrogens is 1. The maximum absolute atomic E-state index is 12.9. The number of rotatable bonds is 3. The van der Waals surface area contributed by atoms with Crippen LogP contribution in [0.2, 0.25) is 0 Å². The third-order valence-corrected chi connectivity index (χ3v) is 3.26. The topological polar surface area (TPSA) is 55.1 Å². The van der Waals surface area contributed by atoms with Crippen LogP contribution >= 0.6 is 0 Å². The first-order valence-corrected chi connectivity index (χ1v) is 7.00. The van der Waals surface area contributed by atoms with Crippen molar-refractivity contribution in [1.82, 2.24) is 4.98 Å². The van der Waals surface area contributed by atoms with Crippen molar-refractivity contribution in [2.45, 2.75) is 19.8 Å². The number of hydrogen-bond donors (Lipinski definition) is 1. The molecule has 5 heteroatoms. The molecule has 0 aliphatic rings. The first-order chi connectivity index (χ1) is 10.5. The number of anilines is 1. The molecule has 0 saturated heterocycles. The second-order valence-corrected chi connectivity index (χ2v) is 5.35. The van der Waals surface area contributed by atoms with Crippen LogP contribution in [-0.4, -0.2) is 10.9 Å². The van der Waals surface area contributed by atoms with Crippen molar-refractivity contribution < 1.29 is 13.6 Å². The van der Waals surface area contributed by atoms with Crippen LogP contribution in [0.5, 0.6) is 0 Å². The van der Waals surface area contributed by atoms with Gasteiger partial charge in [0.1, 0.15) is 11.3 Å². The molecule has 0 aliphatic heterocycles. The number of hydrogen-bond acceptors (Lipinski definition) is 3. The Hall–Kier alpha value is -2.69. The quantitative estimate of drug-likeness (QED) is 0.782. The van der Waals surface area contributed by atoms with Gasteiger partial charge in [-0.25, -0.2) is 9.37 Å². The van der Waals surface area contributed by atoms with E-state index in [1.165, 1.54) is 24.3 Å². The maximum Gasteiger partial charge on any atom is 0.255 e. The van der Waals surface area contributed by atoms with E-state index in [0.29, 0.717) is 22.7 Å². The average Bonchev–Trinajstić information content (AvgIpc) is 2.93. The second kappa shape index (κ2) is 5.60. The first kappa shape index (κ1) is 14.3. The zero-order valence-corrected chi connectivity index (χ0v) is 12.3. The Balaban J connectivity index is 1.85. The van der Waals surface area contributed by atoms with Gasteiger partial charge < -0.3 is 9.73 Å². The zero-order valence-electron chi connectivity index (χ0n) is 12.3. The Bertz CT molecular complexity index is 822. The summed E-state index contributed by atoms with van der Waals surface area (Å²) >= 11 is 0. The second-order valence-electron chi connectivity index (χ2n) is 5.35. The number of amides is 1. The fourth-order valence-corrected chi connectivity index (χ4v) is 2.07. The summed E-state index contributed by atoms with van der Waals surface area (Å²) in [7, 11) is 0. The zero-order chi connectivity index (χ0) is 15.7. The fourth-order valence-electron chi connectivity index (χ4n) is 2.07. The predicted molar refractivity (Wildman–Crippen MR) is 82.5 cm³/mol. The molecule has 0 unspecified atom stereocenters. The van der Waals surface area contributed by atoms with Crippen molar-refractivity contribution in [2.24, 2.45) is 0 Å². The summed E-state index contributed by atoms with van der Waals surface area (Å²) in [6, 6.07) is 10.7. The van der Waals surface area contributed by atoms with Crippen molar-refractivity contribution in [3.63, 3.8) is 0 Å². The van der Waals surface area contributed by atoms with E-state index in [4.69, 9.17) is 4.42 Å². The monoisotopic (exact) mass is 298 g/mol. The number of carbonyl (C=O) groups is 1. The van der Waals surface area contributed by atoms with Crippen LogP contribution in [0.15, 0.2) is 46.9 Å². The molecule has 3 aromatic rings. The summed E-state index contributed by atoms with van der Waals surface area (Å²) < 4.78 is 18.5. The number of benzene rings is 2. The lowest BCUT2D eigenvalue weighted by atomic mass is 10.2. The summed E-state index contributed by atoms with van der Waals surface area (Å²) in [5, 5.41) is 2.71. The molecule has 22 heavy (non-hydrogen) atoms. The van der Waals surface area contributed by atoms with Gasteiger partial charge in [0.25, 0.3) is 5.91 Å². The Labute approximate surface area is 127 Å². The highest BCUT2D eigenvalue weighted by molar-refractivity contribution is 6.05. The first-order valence-electron chi connectivity index (χ1n) is 7.00.